The van der Waals surface area contributed by atoms with Gasteiger partial charge in [-0.25, -0.2) is 14.2 Å². The van der Waals surface area contributed by atoms with E-state index in [4.69, 9.17) is 4.74 Å². The Hall–Kier alpha value is -4.07. The van der Waals surface area contributed by atoms with Crippen LogP contribution in [0, 0.1) is 5.82 Å². The fourth-order valence-electron chi connectivity index (χ4n) is 2.63. The monoisotopic (exact) mass is 420 g/mol. The molecule has 0 aliphatic carbocycles. The summed E-state index contributed by atoms with van der Waals surface area (Å²) in [7, 11) is 0. The van der Waals surface area contributed by atoms with Crippen LogP contribution in [-0.2, 0) is 11.3 Å². The third kappa shape index (κ3) is 6.20. The number of rotatable bonds is 6. The summed E-state index contributed by atoms with van der Waals surface area (Å²) in [6, 6.07) is 15.8. The van der Waals surface area contributed by atoms with E-state index in [0.29, 0.717) is 11.3 Å². The first-order chi connectivity index (χ1) is 15.1. The Labute approximate surface area is 179 Å². The summed E-state index contributed by atoms with van der Waals surface area (Å²) in [5.74, 6) is -1.56. The van der Waals surface area contributed by atoms with Crippen LogP contribution in [0.3, 0.4) is 0 Å². The van der Waals surface area contributed by atoms with E-state index in [0.717, 1.165) is 5.56 Å². The molecule has 0 bridgehead atoms. The molecule has 2 aromatic carbocycles. The van der Waals surface area contributed by atoms with E-state index < -0.39 is 17.7 Å². The van der Waals surface area contributed by atoms with Crippen LogP contribution in [0.25, 0.3) is 0 Å². The zero-order valence-electron chi connectivity index (χ0n) is 16.8. The van der Waals surface area contributed by atoms with Crippen molar-refractivity contribution in [1.82, 2.24) is 10.3 Å². The van der Waals surface area contributed by atoms with E-state index in [1.807, 2.05) is 0 Å². The minimum absolute atomic E-state index is 0.0985. The van der Waals surface area contributed by atoms with Crippen LogP contribution in [0.2, 0.25) is 0 Å². The summed E-state index contributed by atoms with van der Waals surface area (Å²) in [6.07, 6.45) is 3.29. The molecule has 0 unspecified atom stereocenters. The number of hydrogen-bond donors (Lipinski definition) is 2. The van der Waals surface area contributed by atoms with Gasteiger partial charge in [-0.3, -0.25) is 15.1 Å². The number of pyridine rings is 1. The zero-order valence-corrected chi connectivity index (χ0v) is 16.8. The lowest BCUT2D eigenvalue weighted by Crippen LogP contribution is -2.36. The molecule has 0 aliphatic rings. The van der Waals surface area contributed by atoms with E-state index in [1.54, 1.807) is 61.8 Å². The molecule has 0 atom stereocenters. The lowest BCUT2D eigenvalue weighted by Gasteiger charge is -2.13. The highest BCUT2D eigenvalue weighted by atomic mass is 19.1. The minimum atomic E-state index is -0.637. The normalized spacial score (nSPS) is 11.0. The van der Waals surface area contributed by atoms with Crippen molar-refractivity contribution in [2.75, 3.05) is 11.9 Å². The van der Waals surface area contributed by atoms with Gasteiger partial charge in [-0.1, -0.05) is 12.1 Å². The second kappa shape index (κ2) is 10.6. The van der Waals surface area contributed by atoms with Crippen molar-refractivity contribution in [2.45, 2.75) is 13.5 Å². The Morgan fingerprint density at radius 2 is 1.74 bits per heavy atom. The number of anilines is 1. The first-order valence-corrected chi connectivity index (χ1v) is 9.60. The molecule has 3 aromatic rings. The van der Waals surface area contributed by atoms with Crippen molar-refractivity contribution in [3.05, 3.63) is 95.6 Å². The van der Waals surface area contributed by atoms with Gasteiger partial charge in [-0.15, -0.1) is 0 Å². The SMILES string of the molecule is CCOC(=O)c1ccc(NC(=NCc2ccncc2)NC(=O)c2ccccc2F)cc1. The van der Waals surface area contributed by atoms with Gasteiger partial charge in [0, 0.05) is 18.1 Å². The molecule has 158 valence electrons. The van der Waals surface area contributed by atoms with Gasteiger partial charge in [0.15, 0.2) is 0 Å². The van der Waals surface area contributed by atoms with Gasteiger partial charge >= 0.3 is 5.97 Å². The summed E-state index contributed by atoms with van der Waals surface area (Å²) in [5, 5.41) is 5.60. The number of nitrogens with one attached hydrogen (secondary N) is 2. The quantitative estimate of drug-likeness (QED) is 0.360. The molecular formula is C23H21FN4O3. The summed E-state index contributed by atoms with van der Waals surface area (Å²) in [6.45, 7) is 2.29. The van der Waals surface area contributed by atoms with Gasteiger partial charge in [0.25, 0.3) is 5.91 Å². The molecule has 31 heavy (non-hydrogen) atoms. The predicted octanol–water partition coefficient (Wildman–Crippen LogP) is 3.80. The van der Waals surface area contributed by atoms with Crippen LogP contribution in [0.5, 0.6) is 0 Å². The molecule has 8 heteroatoms. The molecule has 1 aromatic heterocycles. The summed E-state index contributed by atoms with van der Waals surface area (Å²) >= 11 is 0. The highest BCUT2D eigenvalue weighted by Crippen LogP contribution is 2.12. The van der Waals surface area contributed by atoms with Crippen molar-refractivity contribution in [2.24, 2.45) is 4.99 Å². The van der Waals surface area contributed by atoms with E-state index in [1.165, 1.54) is 18.2 Å². The maximum absolute atomic E-state index is 14.0. The molecule has 0 saturated carbocycles. The third-order valence-corrected chi connectivity index (χ3v) is 4.18. The number of carbonyl (C=O) groups is 2. The topological polar surface area (TPSA) is 92.7 Å². The van der Waals surface area contributed by atoms with E-state index in [9.17, 15) is 14.0 Å². The van der Waals surface area contributed by atoms with Gasteiger partial charge in [-0.2, -0.15) is 0 Å². The van der Waals surface area contributed by atoms with Crippen LogP contribution in [0.1, 0.15) is 33.2 Å². The molecule has 0 saturated heterocycles. The van der Waals surface area contributed by atoms with Crippen LogP contribution < -0.4 is 10.6 Å². The van der Waals surface area contributed by atoms with Crippen LogP contribution in [0.4, 0.5) is 10.1 Å². The smallest absolute Gasteiger partial charge is 0.338 e. The Balaban J connectivity index is 1.79. The van der Waals surface area contributed by atoms with Crippen LogP contribution in [0.15, 0.2) is 78.0 Å². The van der Waals surface area contributed by atoms with Gasteiger partial charge in [0.05, 0.1) is 24.3 Å². The Morgan fingerprint density at radius 1 is 1.03 bits per heavy atom. The molecular weight excluding hydrogens is 399 g/mol. The number of benzene rings is 2. The fourth-order valence-corrected chi connectivity index (χ4v) is 2.63. The standard InChI is InChI=1S/C23H21FN4O3/c1-2-31-22(30)17-7-9-18(10-8-17)27-23(26-15-16-11-13-25-14-12-16)28-21(29)19-5-3-4-6-20(19)24/h3-14H,2,15H2,1H3,(H2,26,27,28,29). The predicted molar refractivity (Wildman–Crippen MR) is 115 cm³/mol. The molecule has 1 heterocycles. The van der Waals surface area contributed by atoms with Gasteiger partial charge in [-0.05, 0) is 61.0 Å². The summed E-state index contributed by atoms with van der Waals surface area (Å²) in [5.41, 5.74) is 1.76. The van der Waals surface area contributed by atoms with Gasteiger partial charge < -0.3 is 10.1 Å². The highest BCUT2D eigenvalue weighted by Gasteiger charge is 2.14. The number of guanidine groups is 1. The molecule has 7 nitrogen and oxygen atoms in total. The lowest BCUT2D eigenvalue weighted by molar-refractivity contribution is 0.0526. The fraction of sp³-hybridized carbons (Fsp3) is 0.130. The van der Waals surface area contributed by atoms with E-state index in [2.05, 4.69) is 20.6 Å². The number of amides is 1. The number of aromatic nitrogens is 1. The number of hydrogen-bond acceptors (Lipinski definition) is 5. The number of esters is 1. The average molecular weight is 420 g/mol. The van der Waals surface area contributed by atoms with Crippen LogP contribution >= 0.6 is 0 Å². The maximum atomic E-state index is 14.0. The molecule has 2 N–H and O–H groups in total. The molecule has 0 spiro atoms. The first kappa shape index (κ1) is 21.6. The summed E-state index contributed by atoms with van der Waals surface area (Å²) in [4.78, 5) is 32.7. The lowest BCUT2D eigenvalue weighted by atomic mass is 10.2. The van der Waals surface area contributed by atoms with Crippen molar-refractivity contribution >= 4 is 23.5 Å². The van der Waals surface area contributed by atoms with Crippen molar-refractivity contribution in [3.8, 4) is 0 Å². The maximum Gasteiger partial charge on any atom is 0.338 e. The number of nitrogens with zero attached hydrogens (tertiary/aromatic N) is 2. The number of carbonyl (C=O) groups excluding carboxylic acids is 2. The second-order valence-electron chi connectivity index (χ2n) is 6.38. The summed E-state index contributed by atoms with van der Waals surface area (Å²) < 4.78 is 18.9. The molecule has 3 rings (SSSR count). The Bertz CT molecular complexity index is 1070. The average Bonchev–Trinajstić information content (AvgIpc) is 2.79. The number of ether oxygens (including phenoxy) is 1. The van der Waals surface area contributed by atoms with Crippen molar-refractivity contribution in [3.63, 3.8) is 0 Å². The molecule has 0 radical (unpaired) electrons. The molecule has 1 amide bonds. The van der Waals surface area contributed by atoms with Gasteiger partial charge in [0.1, 0.15) is 5.82 Å². The van der Waals surface area contributed by atoms with E-state index in [-0.39, 0.29) is 24.7 Å². The Kier molecular flexibility index (Phi) is 7.42. The van der Waals surface area contributed by atoms with Crippen molar-refractivity contribution < 1.29 is 18.7 Å². The third-order valence-electron chi connectivity index (χ3n) is 4.18. The van der Waals surface area contributed by atoms with Gasteiger partial charge in [0.2, 0.25) is 5.96 Å². The minimum Gasteiger partial charge on any atom is -0.462 e. The second-order valence-corrected chi connectivity index (χ2v) is 6.38. The number of halogens is 1. The molecule has 0 fully saturated rings. The Morgan fingerprint density at radius 3 is 2.42 bits per heavy atom. The highest BCUT2D eigenvalue weighted by molar-refractivity contribution is 6.10. The first-order valence-electron chi connectivity index (χ1n) is 9.60. The van der Waals surface area contributed by atoms with Crippen LogP contribution in [-0.4, -0.2) is 29.4 Å². The molecule has 0 aliphatic heterocycles. The largest absolute Gasteiger partial charge is 0.462 e. The zero-order chi connectivity index (χ0) is 22.1. The number of aliphatic imine (C=N–C) groups is 1. The van der Waals surface area contributed by atoms with Crippen molar-refractivity contribution in [1.29, 1.82) is 0 Å². The van der Waals surface area contributed by atoms with E-state index >= 15 is 0 Å².